The maximum atomic E-state index is 12.3. The molecule has 26 heavy (non-hydrogen) atoms. The highest BCUT2D eigenvalue weighted by molar-refractivity contribution is 7.10. The summed E-state index contributed by atoms with van der Waals surface area (Å²) in [7, 11) is 0. The summed E-state index contributed by atoms with van der Waals surface area (Å²) < 4.78 is 5.94. The molecule has 2 aromatic rings. The summed E-state index contributed by atoms with van der Waals surface area (Å²) in [5.74, 6) is -0.331. The summed E-state index contributed by atoms with van der Waals surface area (Å²) in [4.78, 5) is 24.4. The van der Waals surface area contributed by atoms with Crippen molar-refractivity contribution in [3.8, 4) is 5.75 Å². The van der Waals surface area contributed by atoms with E-state index in [1.54, 1.807) is 0 Å². The van der Waals surface area contributed by atoms with Crippen molar-refractivity contribution in [2.24, 2.45) is 0 Å². The first-order valence-corrected chi connectivity index (χ1v) is 9.78. The Bertz CT molecular complexity index is 721. The minimum atomic E-state index is -0.947. The van der Waals surface area contributed by atoms with Crippen LogP contribution in [-0.2, 0) is 16.0 Å². The SMILES string of the molecule is O=C(O)CC(NC(=O)Cc1cccs1)c1ccc(OC2CCCC2)cc1. The van der Waals surface area contributed by atoms with Crippen LogP contribution in [0.5, 0.6) is 5.75 Å². The number of thiophene rings is 1. The molecular weight excluding hydrogens is 350 g/mol. The zero-order valence-corrected chi connectivity index (χ0v) is 15.3. The topological polar surface area (TPSA) is 75.6 Å². The zero-order chi connectivity index (χ0) is 18.4. The quantitative estimate of drug-likeness (QED) is 0.735. The van der Waals surface area contributed by atoms with Crippen molar-refractivity contribution in [1.29, 1.82) is 0 Å². The molecule has 0 bridgehead atoms. The van der Waals surface area contributed by atoms with E-state index in [2.05, 4.69) is 5.32 Å². The molecule has 0 aliphatic heterocycles. The predicted molar refractivity (Wildman–Crippen MR) is 100 cm³/mol. The normalized spacial score (nSPS) is 15.5. The maximum absolute atomic E-state index is 12.3. The smallest absolute Gasteiger partial charge is 0.305 e. The van der Waals surface area contributed by atoms with Gasteiger partial charge in [0.05, 0.1) is 25.0 Å². The number of amides is 1. The second-order valence-corrected chi connectivity index (χ2v) is 7.60. The van der Waals surface area contributed by atoms with E-state index in [9.17, 15) is 14.7 Å². The molecule has 138 valence electrons. The lowest BCUT2D eigenvalue weighted by Gasteiger charge is -2.19. The standard InChI is InChI=1S/C20H23NO4S/c22-19(12-17-6-3-11-26-17)21-18(13-20(23)24)14-7-9-16(10-8-14)25-15-4-1-2-5-15/h3,6-11,15,18H,1-2,4-5,12-13H2,(H,21,22)(H,23,24). The third-order valence-corrected chi connectivity index (χ3v) is 5.39. The Balaban J connectivity index is 1.64. The van der Waals surface area contributed by atoms with Gasteiger partial charge in [-0.05, 0) is 54.8 Å². The fourth-order valence-electron chi connectivity index (χ4n) is 3.22. The third-order valence-electron chi connectivity index (χ3n) is 4.52. The van der Waals surface area contributed by atoms with Crippen LogP contribution in [0.15, 0.2) is 41.8 Å². The van der Waals surface area contributed by atoms with Gasteiger partial charge in [-0.2, -0.15) is 0 Å². The van der Waals surface area contributed by atoms with Crippen molar-refractivity contribution in [2.75, 3.05) is 0 Å². The lowest BCUT2D eigenvalue weighted by molar-refractivity contribution is -0.137. The number of rotatable bonds is 8. The first kappa shape index (κ1) is 18.5. The van der Waals surface area contributed by atoms with Crippen LogP contribution < -0.4 is 10.1 Å². The molecule has 1 saturated carbocycles. The molecule has 1 aliphatic carbocycles. The van der Waals surface area contributed by atoms with Crippen LogP contribution in [0.3, 0.4) is 0 Å². The van der Waals surface area contributed by atoms with E-state index in [0.29, 0.717) is 0 Å². The minimum absolute atomic E-state index is 0.154. The van der Waals surface area contributed by atoms with Gasteiger partial charge in [-0.1, -0.05) is 18.2 Å². The average Bonchev–Trinajstić information content (AvgIpc) is 3.28. The summed E-state index contributed by atoms with van der Waals surface area (Å²) in [5.41, 5.74) is 0.769. The van der Waals surface area contributed by atoms with E-state index in [-0.39, 0.29) is 24.9 Å². The van der Waals surface area contributed by atoms with Crippen LogP contribution in [0, 0.1) is 0 Å². The first-order chi connectivity index (χ1) is 12.6. The Morgan fingerprint density at radius 3 is 2.54 bits per heavy atom. The summed E-state index contributed by atoms with van der Waals surface area (Å²) in [5, 5.41) is 13.9. The highest BCUT2D eigenvalue weighted by atomic mass is 32.1. The van der Waals surface area contributed by atoms with Crippen molar-refractivity contribution < 1.29 is 19.4 Å². The van der Waals surface area contributed by atoms with E-state index in [1.165, 1.54) is 24.2 Å². The van der Waals surface area contributed by atoms with Crippen LogP contribution in [0.4, 0.5) is 0 Å². The molecule has 1 aromatic heterocycles. The number of ether oxygens (including phenoxy) is 1. The van der Waals surface area contributed by atoms with E-state index in [0.717, 1.165) is 29.0 Å². The fraction of sp³-hybridized carbons (Fsp3) is 0.400. The molecule has 3 rings (SSSR count). The van der Waals surface area contributed by atoms with Gasteiger partial charge in [-0.3, -0.25) is 9.59 Å². The summed E-state index contributed by atoms with van der Waals surface area (Å²) in [6.07, 6.45) is 4.97. The summed E-state index contributed by atoms with van der Waals surface area (Å²) in [6, 6.07) is 10.6. The highest BCUT2D eigenvalue weighted by Gasteiger charge is 2.20. The van der Waals surface area contributed by atoms with Gasteiger partial charge >= 0.3 is 5.97 Å². The van der Waals surface area contributed by atoms with Gasteiger partial charge in [-0.25, -0.2) is 0 Å². The van der Waals surface area contributed by atoms with Gasteiger partial charge in [0.2, 0.25) is 5.91 Å². The monoisotopic (exact) mass is 373 g/mol. The molecule has 1 amide bonds. The van der Waals surface area contributed by atoms with E-state index in [4.69, 9.17) is 4.74 Å². The van der Waals surface area contributed by atoms with Crippen molar-refractivity contribution in [3.63, 3.8) is 0 Å². The Morgan fingerprint density at radius 2 is 1.92 bits per heavy atom. The van der Waals surface area contributed by atoms with Crippen molar-refractivity contribution in [2.45, 2.75) is 50.7 Å². The van der Waals surface area contributed by atoms with Crippen LogP contribution in [-0.4, -0.2) is 23.1 Å². The molecule has 1 atom stereocenters. The number of hydrogen-bond acceptors (Lipinski definition) is 4. The molecule has 1 aromatic carbocycles. The average molecular weight is 373 g/mol. The predicted octanol–water partition coefficient (Wildman–Crippen LogP) is 3.94. The molecule has 1 fully saturated rings. The van der Waals surface area contributed by atoms with E-state index in [1.807, 2.05) is 41.8 Å². The van der Waals surface area contributed by atoms with Crippen LogP contribution in [0.25, 0.3) is 0 Å². The number of aliphatic carboxylic acids is 1. The van der Waals surface area contributed by atoms with Crippen LogP contribution in [0.2, 0.25) is 0 Å². The number of carboxylic acid groups (broad SMARTS) is 1. The van der Waals surface area contributed by atoms with Crippen molar-refractivity contribution in [3.05, 3.63) is 52.2 Å². The van der Waals surface area contributed by atoms with Gasteiger partial charge in [-0.15, -0.1) is 11.3 Å². The number of carbonyl (C=O) groups is 2. The molecule has 6 heteroatoms. The number of carboxylic acids is 1. The number of benzene rings is 1. The lowest BCUT2D eigenvalue weighted by Crippen LogP contribution is -2.31. The number of carbonyl (C=O) groups excluding carboxylic acids is 1. The van der Waals surface area contributed by atoms with E-state index < -0.39 is 12.0 Å². The van der Waals surface area contributed by atoms with E-state index >= 15 is 0 Å². The summed E-state index contributed by atoms with van der Waals surface area (Å²) in [6.45, 7) is 0. The molecule has 1 aliphatic rings. The van der Waals surface area contributed by atoms with Gasteiger partial charge in [0.1, 0.15) is 5.75 Å². The van der Waals surface area contributed by atoms with Crippen molar-refractivity contribution in [1.82, 2.24) is 5.32 Å². The molecule has 1 heterocycles. The van der Waals surface area contributed by atoms with Crippen LogP contribution in [0.1, 0.15) is 48.6 Å². The van der Waals surface area contributed by atoms with Gasteiger partial charge in [0.15, 0.2) is 0 Å². The van der Waals surface area contributed by atoms with Gasteiger partial charge in [0, 0.05) is 4.88 Å². The second kappa shape index (κ2) is 8.85. The van der Waals surface area contributed by atoms with Gasteiger partial charge < -0.3 is 15.2 Å². The van der Waals surface area contributed by atoms with Crippen LogP contribution >= 0.6 is 11.3 Å². The molecule has 5 nitrogen and oxygen atoms in total. The van der Waals surface area contributed by atoms with Gasteiger partial charge in [0.25, 0.3) is 0 Å². The molecule has 2 N–H and O–H groups in total. The third kappa shape index (κ3) is 5.33. The molecule has 0 radical (unpaired) electrons. The lowest BCUT2D eigenvalue weighted by atomic mass is 10.0. The Morgan fingerprint density at radius 1 is 1.19 bits per heavy atom. The minimum Gasteiger partial charge on any atom is -0.490 e. The number of hydrogen-bond donors (Lipinski definition) is 2. The maximum Gasteiger partial charge on any atom is 0.305 e. The molecule has 0 spiro atoms. The molecule has 1 unspecified atom stereocenters. The first-order valence-electron chi connectivity index (χ1n) is 8.90. The summed E-state index contributed by atoms with van der Waals surface area (Å²) >= 11 is 1.51. The molecule has 0 saturated heterocycles. The Labute approximate surface area is 157 Å². The number of nitrogens with one attached hydrogen (secondary N) is 1. The zero-order valence-electron chi connectivity index (χ0n) is 14.5. The fourth-order valence-corrected chi connectivity index (χ4v) is 3.92. The van der Waals surface area contributed by atoms with Crippen molar-refractivity contribution >= 4 is 23.2 Å². The Kier molecular flexibility index (Phi) is 6.28. The molecular formula is C20H23NO4S. The largest absolute Gasteiger partial charge is 0.490 e. The Hall–Kier alpha value is -2.34. The second-order valence-electron chi connectivity index (χ2n) is 6.57. The highest BCUT2D eigenvalue weighted by Crippen LogP contribution is 2.26.